The Morgan fingerprint density at radius 3 is 2.44 bits per heavy atom. The van der Waals surface area contributed by atoms with E-state index in [1.807, 2.05) is 30.3 Å². The molecule has 1 aromatic heterocycles. The molecule has 7 rings (SSSR count). The van der Waals surface area contributed by atoms with Gasteiger partial charge in [0.25, 0.3) is 0 Å². The van der Waals surface area contributed by atoms with Crippen molar-refractivity contribution in [1.82, 2.24) is 9.97 Å². The van der Waals surface area contributed by atoms with Crippen LogP contribution in [0.2, 0.25) is 0 Å². The predicted molar refractivity (Wildman–Crippen MR) is 126 cm³/mol. The first kappa shape index (κ1) is 19.8. The minimum absolute atomic E-state index is 0.163. The maximum Gasteiger partial charge on any atom is 0.224 e. The quantitative estimate of drug-likeness (QED) is 0.539. The second-order valence-corrected chi connectivity index (χ2v) is 10.3. The van der Waals surface area contributed by atoms with Crippen LogP contribution < -0.4 is 10.1 Å². The number of nitrogens with zero attached hydrogens (tertiary/aromatic N) is 1. The minimum atomic E-state index is 0.163. The molecule has 1 heterocycles. The van der Waals surface area contributed by atoms with Crippen molar-refractivity contribution in [3.8, 4) is 5.75 Å². The number of imidazole rings is 1. The molecule has 32 heavy (non-hydrogen) atoms. The minimum Gasteiger partial charge on any atom is -0.497 e. The van der Waals surface area contributed by atoms with Gasteiger partial charge in [0.1, 0.15) is 11.6 Å². The maximum atomic E-state index is 12.9. The zero-order chi connectivity index (χ0) is 21.7. The number of aromatic nitrogens is 2. The van der Waals surface area contributed by atoms with Crippen LogP contribution in [0.1, 0.15) is 49.9 Å². The van der Waals surface area contributed by atoms with E-state index in [1.165, 1.54) is 37.7 Å². The normalized spacial score (nSPS) is 28.2. The van der Waals surface area contributed by atoms with Gasteiger partial charge in [-0.15, -0.1) is 0 Å². The summed E-state index contributed by atoms with van der Waals surface area (Å²) in [5.74, 6) is 5.99. The maximum absolute atomic E-state index is 12.9. The van der Waals surface area contributed by atoms with Crippen molar-refractivity contribution in [3.05, 3.63) is 53.9 Å². The number of H-pyrrole nitrogens is 1. The molecule has 166 valence electrons. The van der Waals surface area contributed by atoms with Gasteiger partial charge >= 0.3 is 0 Å². The Morgan fingerprint density at radius 1 is 1.03 bits per heavy atom. The number of anilines is 1. The largest absolute Gasteiger partial charge is 0.497 e. The Balaban J connectivity index is 1.11. The number of carbonyl (C=O) groups is 1. The van der Waals surface area contributed by atoms with Gasteiger partial charge in [-0.1, -0.05) is 12.1 Å². The third kappa shape index (κ3) is 3.78. The number of fused-ring (bicyclic) bond motifs is 1. The highest BCUT2D eigenvalue weighted by Gasteiger charge is 2.48. The molecule has 0 radical (unpaired) electrons. The van der Waals surface area contributed by atoms with Gasteiger partial charge < -0.3 is 15.0 Å². The van der Waals surface area contributed by atoms with Crippen LogP contribution in [-0.2, 0) is 11.2 Å². The van der Waals surface area contributed by atoms with Gasteiger partial charge in [-0.25, -0.2) is 4.98 Å². The fourth-order valence-corrected chi connectivity index (χ4v) is 6.95. The predicted octanol–water partition coefficient (Wildman–Crippen LogP) is 5.56. The van der Waals surface area contributed by atoms with Crippen LogP contribution in [0, 0.1) is 29.6 Å². The molecule has 0 atom stereocenters. The van der Waals surface area contributed by atoms with E-state index in [0.29, 0.717) is 12.3 Å². The lowest BCUT2D eigenvalue weighted by molar-refractivity contribution is -0.121. The van der Waals surface area contributed by atoms with Crippen molar-refractivity contribution < 1.29 is 9.53 Å². The van der Waals surface area contributed by atoms with Crippen molar-refractivity contribution >= 4 is 22.6 Å². The van der Waals surface area contributed by atoms with E-state index in [0.717, 1.165) is 58.4 Å². The lowest BCUT2D eigenvalue weighted by atomic mass is 9.51. The molecule has 5 heteroatoms. The van der Waals surface area contributed by atoms with Crippen LogP contribution in [0.25, 0.3) is 11.0 Å². The van der Waals surface area contributed by atoms with Crippen molar-refractivity contribution in [2.24, 2.45) is 29.6 Å². The number of rotatable bonds is 6. The monoisotopic (exact) mass is 429 g/mol. The third-order valence-corrected chi connectivity index (χ3v) is 8.19. The Hall–Kier alpha value is -2.82. The van der Waals surface area contributed by atoms with Crippen LogP contribution >= 0.6 is 0 Å². The Kier molecular flexibility index (Phi) is 4.93. The van der Waals surface area contributed by atoms with Crippen LogP contribution in [0.5, 0.6) is 5.75 Å². The fourth-order valence-electron chi connectivity index (χ4n) is 6.95. The molecular formula is C27H31N3O2. The summed E-state index contributed by atoms with van der Waals surface area (Å²) in [5.41, 5.74) is 3.90. The van der Waals surface area contributed by atoms with Crippen LogP contribution in [-0.4, -0.2) is 23.0 Å². The highest BCUT2D eigenvalue weighted by Crippen LogP contribution is 2.57. The Bertz CT molecular complexity index is 1110. The number of hydrogen-bond donors (Lipinski definition) is 2. The van der Waals surface area contributed by atoms with Gasteiger partial charge in [0.2, 0.25) is 5.91 Å². The van der Waals surface area contributed by atoms with Gasteiger partial charge in [-0.2, -0.15) is 0 Å². The van der Waals surface area contributed by atoms with Gasteiger partial charge in [0.05, 0.1) is 18.1 Å². The molecule has 4 aliphatic rings. The summed E-state index contributed by atoms with van der Waals surface area (Å²) in [5, 5.41) is 3.16. The lowest BCUT2D eigenvalue weighted by Crippen LogP contribution is -2.46. The number of ether oxygens (including phenoxy) is 1. The average Bonchev–Trinajstić information content (AvgIpc) is 3.18. The second kappa shape index (κ2) is 7.95. The first-order valence-corrected chi connectivity index (χ1v) is 12.0. The summed E-state index contributed by atoms with van der Waals surface area (Å²) in [6, 6.07) is 14.0. The van der Waals surface area contributed by atoms with E-state index >= 15 is 0 Å². The molecule has 3 aromatic rings. The van der Waals surface area contributed by atoms with Crippen molar-refractivity contribution in [2.45, 2.75) is 44.9 Å². The number of nitrogens with one attached hydrogen (secondary N) is 2. The fraction of sp³-hybridized carbons (Fsp3) is 0.481. The summed E-state index contributed by atoms with van der Waals surface area (Å²) in [6.45, 7) is 0. The molecule has 4 aliphatic carbocycles. The molecule has 2 aromatic carbocycles. The molecule has 0 spiro atoms. The van der Waals surface area contributed by atoms with Gasteiger partial charge in [0, 0.05) is 18.5 Å². The molecule has 0 saturated heterocycles. The molecule has 4 fully saturated rings. The van der Waals surface area contributed by atoms with E-state index in [9.17, 15) is 4.79 Å². The van der Waals surface area contributed by atoms with Gasteiger partial charge in [-0.3, -0.25) is 4.79 Å². The standard InChI is InChI=1S/C27H31N3O2/c1-32-22-5-2-16(3-6-22)13-26-29-24-7-4-21(14-25(24)30-26)28-27(31)15-23-19-9-17-8-18(11-19)12-20(23)10-17/h2-7,14,17-20,23H,8-13,15H2,1H3,(H,28,31)(H,29,30). The SMILES string of the molecule is COc1ccc(Cc2nc3cc(NC(=O)CC4C5CC6CC(C5)CC4C6)ccc3[nH]2)cc1. The van der Waals surface area contributed by atoms with Crippen molar-refractivity contribution in [3.63, 3.8) is 0 Å². The van der Waals surface area contributed by atoms with Crippen LogP contribution in [0.4, 0.5) is 5.69 Å². The number of methoxy groups -OCH3 is 1. The summed E-state index contributed by atoms with van der Waals surface area (Å²) in [4.78, 5) is 21.0. The molecule has 0 aliphatic heterocycles. The summed E-state index contributed by atoms with van der Waals surface area (Å²) >= 11 is 0. The molecular weight excluding hydrogens is 398 g/mol. The number of benzene rings is 2. The molecule has 5 nitrogen and oxygen atoms in total. The van der Waals surface area contributed by atoms with E-state index in [-0.39, 0.29) is 5.91 Å². The van der Waals surface area contributed by atoms with E-state index < -0.39 is 0 Å². The van der Waals surface area contributed by atoms with E-state index in [4.69, 9.17) is 9.72 Å². The summed E-state index contributed by atoms with van der Waals surface area (Å²) in [7, 11) is 1.67. The average molecular weight is 430 g/mol. The Morgan fingerprint density at radius 2 is 1.75 bits per heavy atom. The van der Waals surface area contributed by atoms with E-state index in [1.54, 1.807) is 7.11 Å². The number of hydrogen-bond acceptors (Lipinski definition) is 3. The molecule has 0 unspecified atom stereocenters. The number of amides is 1. The highest BCUT2D eigenvalue weighted by molar-refractivity contribution is 5.93. The summed E-state index contributed by atoms with van der Waals surface area (Å²) < 4.78 is 5.23. The van der Waals surface area contributed by atoms with Crippen LogP contribution in [0.3, 0.4) is 0 Å². The van der Waals surface area contributed by atoms with Crippen LogP contribution in [0.15, 0.2) is 42.5 Å². The molecule has 2 N–H and O–H groups in total. The Labute approximate surface area is 189 Å². The van der Waals surface area contributed by atoms with Crippen molar-refractivity contribution in [1.29, 1.82) is 0 Å². The second-order valence-electron chi connectivity index (χ2n) is 10.3. The molecule has 1 amide bonds. The van der Waals surface area contributed by atoms with E-state index in [2.05, 4.69) is 22.4 Å². The molecule has 4 bridgehead atoms. The third-order valence-electron chi connectivity index (χ3n) is 8.19. The lowest BCUT2D eigenvalue weighted by Gasteiger charge is -2.54. The zero-order valence-electron chi connectivity index (χ0n) is 18.6. The highest BCUT2D eigenvalue weighted by atomic mass is 16.5. The first-order chi connectivity index (χ1) is 15.6. The smallest absolute Gasteiger partial charge is 0.224 e. The topological polar surface area (TPSA) is 67.0 Å². The van der Waals surface area contributed by atoms with Gasteiger partial charge in [0.15, 0.2) is 0 Å². The number of carbonyl (C=O) groups excluding carboxylic acids is 1. The zero-order valence-corrected chi connectivity index (χ0v) is 18.6. The summed E-state index contributed by atoms with van der Waals surface area (Å²) in [6.07, 6.45) is 8.31. The van der Waals surface area contributed by atoms with Crippen molar-refractivity contribution in [2.75, 3.05) is 12.4 Å². The number of aromatic amines is 1. The first-order valence-electron chi connectivity index (χ1n) is 12.0. The molecule has 4 saturated carbocycles. The van der Waals surface area contributed by atoms with Gasteiger partial charge in [-0.05, 0) is 97.6 Å².